The van der Waals surface area contributed by atoms with Crippen molar-refractivity contribution in [2.45, 2.75) is 30.9 Å². The first kappa shape index (κ1) is 21.7. The Morgan fingerprint density at radius 1 is 0.812 bits per heavy atom. The highest BCUT2D eigenvalue weighted by Crippen LogP contribution is 2.39. The molecule has 1 fully saturated rings. The largest absolute Gasteiger partial charge is 0.508 e. The number of hydrogen-bond acceptors (Lipinski definition) is 12. The quantitative estimate of drug-likeness (QED) is 0.236. The Morgan fingerprint density at radius 2 is 1.53 bits per heavy atom. The lowest BCUT2D eigenvalue weighted by Crippen LogP contribution is -2.59. The van der Waals surface area contributed by atoms with Gasteiger partial charge in [-0.15, -0.1) is 0 Å². The van der Waals surface area contributed by atoms with Crippen molar-refractivity contribution < 1.29 is 54.7 Å². The van der Waals surface area contributed by atoms with Gasteiger partial charge in [0.05, 0.1) is 0 Å². The van der Waals surface area contributed by atoms with E-state index in [0.717, 1.165) is 24.3 Å². The minimum atomic E-state index is -1.96. The first-order chi connectivity index (χ1) is 15.1. The molecule has 0 amide bonds. The molecular formula is C20H18O12. The van der Waals surface area contributed by atoms with E-state index in [-0.39, 0.29) is 16.9 Å². The Morgan fingerprint density at radius 3 is 2.22 bits per heavy atom. The summed E-state index contributed by atoms with van der Waals surface area (Å²) in [5.41, 5.74) is -1.25. The highest BCUT2D eigenvalue weighted by molar-refractivity contribution is 5.88. The van der Waals surface area contributed by atoms with E-state index < -0.39 is 70.5 Å². The van der Waals surface area contributed by atoms with Gasteiger partial charge >= 0.3 is 0 Å². The van der Waals surface area contributed by atoms with E-state index in [1.54, 1.807) is 0 Å². The zero-order valence-corrected chi connectivity index (χ0v) is 16.0. The maximum Gasteiger partial charge on any atom is 0.239 e. The molecule has 0 saturated carbocycles. The van der Waals surface area contributed by atoms with Crippen molar-refractivity contribution >= 4 is 11.0 Å². The molecule has 0 unspecified atom stereocenters. The summed E-state index contributed by atoms with van der Waals surface area (Å²) in [7, 11) is 0. The SMILES string of the molecule is O=c1c(O[C@H]2O[C@@H](O)[C@@H](O)[C@H](O)[C@H]2O)c(-c2ccc(O)c(O)c2)oc2cc(O)cc(O)c12. The Balaban J connectivity index is 1.92. The molecule has 1 aliphatic rings. The lowest BCUT2D eigenvalue weighted by molar-refractivity contribution is -0.321. The molecule has 1 aliphatic heterocycles. The minimum absolute atomic E-state index is 0.00330. The molecule has 3 aromatic rings. The van der Waals surface area contributed by atoms with Gasteiger partial charge in [0.25, 0.3) is 0 Å². The summed E-state index contributed by atoms with van der Waals surface area (Å²) >= 11 is 0. The zero-order chi connectivity index (χ0) is 23.3. The molecule has 1 aromatic heterocycles. The van der Waals surface area contributed by atoms with Gasteiger partial charge in [0.15, 0.2) is 23.5 Å². The first-order valence-electron chi connectivity index (χ1n) is 9.18. The number of hydrogen-bond donors (Lipinski definition) is 8. The van der Waals surface area contributed by atoms with Crippen molar-refractivity contribution in [2.75, 3.05) is 0 Å². The average Bonchev–Trinajstić information content (AvgIpc) is 2.73. The highest BCUT2D eigenvalue weighted by Gasteiger charge is 2.45. The van der Waals surface area contributed by atoms with E-state index >= 15 is 0 Å². The number of aliphatic hydroxyl groups excluding tert-OH is 4. The van der Waals surface area contributed by atoms with Crippen LogP contribution in [-0.2, 0) is 4.74 Å². The third-order valence-electron chi connectivity index (χ3n) is 4.93. The Bertz CT molecular complexity index is 1240. The second kappa shape index (κ2) is 7.85. The average molecular weight is 450 g/mol. The normalized spacial score (nSPS) is 25.7. The summed E-state index contributed by atoms with van der Waals surface area (Å²) in [6.07, 6.45) is -9.45. The lowest BCUT2D eigenvalue weighted by atomic mass is 10.0. The van der Waals surface area contributed by atoms with Crippen LogP contribution in [-0.4, -0.2) is 71.7 Å². The molecule has 8 N–H and O–H groups in total. The summed E-state index contributed by atoms with van der Waals surface area (Å²) in [5.74, 6) is -3.15. The van der Waals surface area contributed by atoms with Gasteiger partial charge in [-0.1, -0.05) is 0 Å². The van der Waals surface area contributed by atoms with Crippen molar-refractivity contribution in [1.82, 2.24) is 0 Å². The fraction of sp³-hybridized carbons (Fsp3) is 0.250. The molecule has 2 heterocycles. The first-order valence-corrected chi connectivity index (χ1v) is 9.18. The summed E-state index contributed by atoms with van der Waals surface area (Å²) in [6.45, 7) is 0. The van der Waals surface area contributed by atoms with Crippen LogP contribution in [0.4, 0.5) is 0 Å². The standard InChI is InChI=1S/C20H18O12/c21-7-4-10(24)12-11(5-7)30-17(6-1-2-8(22)9(23)3-6)18(13(12)25)31-20-16(28)14(26)15(27)19(29)32-20/h1-5,14-16,19-24,26-29H/t14-,15-,16+,19+,20-/m0/s1. The molecule has 0 spiro atoms. The number of fused-ring (bicyclic) bond motifs is 1. The predicted molar refractivity (Wildman–Crippen MR) is 104 cm³/mol. The smallest absolute Gasteiger partial charge is 0.239 e. The van der Waals surface area contributed by atoms with Crippen LogP contribution >= 0.6 is 0 Å². The zero-order valence-electron chi connectivity index (χ0n) is 16.0. The third-order valence-corrected chi connectivity index (χ3v) is 4.93. The van der Waals surface area contributed by atoms with Crippen molar-refractivity contribution in [3.63, 3.8) is 0 Å². The maximum atomic E-state index is 13.2. The van der Waals surface area contributed by atoms with Crippen LogP contribution in [0.5, 0.6) is 28.7 Å². The fourth-order valence-electron chi connectivity index (χ4n) is 3.27. The second-order valence-corrected chi connectivity index (χ2v) is 7.12. The Labute approximate surface area is 178 Å². The molecule has 12 nitrogen and oxygen atoms in total. The minimum Gasteiger partial charge on any atom is -0.508 e. The molecule has 0 aliphatic carbocycles. The molecular weight excluding hydrogens is 432 g/mol. The molecule has 2 aromatic carbocycles. The van der Waals surface area contributed by atoms with Crippen molar-refractivity contribution in [3.8, 4) is 40.1 Å². The molecule has 32 heavy (non-hydrogen) atoms. The van der Waals surface area contributed by atoms with Gasteiger partial charge in [-0.25, -0.2) is 0 Å². The van der Waals surface area contributed by atoms with E-state index in [2.05, 4.69) is 0 Å². The van der Waals surface area contributed by atoms with Gasteiger partial charge in [0.1, 0.15) is 40.8 Å². The number of benzene rings is 2. The van der Waals surface area contributed by atoms with Gasteiger partial charge in [0, 0.05) is 17.7 Å². The van der Waals surface area contributed by atoms with Gasteiger partial charge in [-0.3, -0.25) is 4.79 Å². The fourth-order valence-corrected chi connectivity index (χ4v) is 3.27. The van der Waals surface area contributed by atoms with Crippen molar-refractivity contribution in [2.24, 2.45) is 0 Å². The molecule has 4 rings (SSSR count). The second-order valence-electron chi connectivity index (χ2n) is 7.12. The van der Waals surface area contributed by atoms with Crippen LogP contribution < -0.4 is 10.2 Å². The van der Waals surface area contributed by atoms with Crippen LogP contribution in [0, 0.1) is 0 Å². The third kappa shape index (κ3) is 3.55. The van der Waals surface area contributed by atoms with Gasteiger partial charge in [-0.05, 0) is 18.2 Å². The summed E-state index contributed by atoms with van der Waals surface area (Å²) < 4.78 is 16.0. The highest BCUT2D eigenvalue weighted by atomic mass is 16.7. The van der Waals surface area contributed by atoms with Crippen molar-refractivity contribution in [3.05, 3.63) is 40.6 Å². The van der Waals surface area contributed by atoms with Crippen LogP contribution in [0.3, 0.4) is 0 Å². The lowest BCUT2D eigenvalue weighted by Gasteiger charge is -2.37. The Kier molecular flexibility index (Phi) is 5.32. The number of ether oxygens (including phenoxy) is 2. The Hall–Kier alpha value is -3.55. The molecule has 0 bridgehead atoms. The molecule has 12 heteroatoms. The van der Waals surface area contributed by atoms with E-state index in [1.807, 2.05) is 0 Å². The van der Waals surface area contributed by atoms with E-state index in [1.165, 1.54) is 6.07 Å². The van der Waals surface area contributed by atoms with Crippen LogP contribution in [0.2, 0.25) is 0 Å². The maximum absolute atomic E-state index is 13.2. The molecule has 1 saturated heterocycles. The number of aliphatic hydroxyl groups is 4. The van der Waals surface area contributed by atoms with Crippen molar-refractivity contribution in [1.29, 1.82) is 0 Å². The summed E-state index contributed by atoms with van der Waals surface area (Å²) in [5, 5.41) is 78.3. The summed E-state index contributed by atoms with van der Waals surface area (Å²) in [4.78, 5) is 13.2. The van der Waals surface area contributed by atoms with Crippen LogP contribution in [0.25, 0.3) is 22.3 Å². The predicted octanol–water partition coefficient (Wildman–Crippen LogP) is -0.581. The topological polar surface area (TPSA) is 211 Å². The van der Waals surface area contributed by atoms with E-state index in [9.17, 15) is 45.6 Å². The summed E-state index contributed by atoms with van der Waals surface area (Å²) in [6, 6.07) is 5.29. The van der Waals surface area contributed by atoms with Gasteiger partial charge in [-0.2, -0.15) is 0 Å². The van der Waals surface area contributed by atoms with Crippen LogP contribution in [0.15, 0.2) is 39.5 Å². The molecule has 170 valence electrons. The van der Waals surface area contributed by atoms with Crippen LogP contribution in [0.1, 0.15) is 0 Å². The number of phenols is 4. The monoisotopic (exact) mass is 450 g/mol. The van der Waals surface area contributed by atoms with Gasteiger partial charge in [0.2, 0.25) is 17.5 Å². The van der Waals surface area contributed by atoms with E-state index in [4.69, 9.17) is 13.9 Å². The number of rotatable bonds is 3. The number of phenolic OH excluding ortho intramolecular Hbond substituents is 4. The number of aromatic hydroxyl groups is 4. The van der Waals surface area contributed by atoms with Gasteiger partial charge < -0.3 is 54.7 Å². The van der Waals surface area contributed by atoms with E-state index in [0.29, 0.717) is 0 Å². The molecule has 0 radical (unpaired) electrons. The molecule has 5 atom stereocenters.